The smallest absolute Gasteiger partial charge is 0.254 e. The fraction of sp³-hybridized carbons (Fsp3) is 0.333. The Balaban J connectivity index is 2.53. The summed E-state index contributed by atoms with van der Waals surface area (Å²) in [7, 11) is 0. The molecule has 0 saturated heterocycles. The van der Waals surface area contributed by atoms with Crippen LogP contribution in [-0.4, -0.2) is 24.9 Å². The molecule has 0 aromatic heterocycles. The van der Waals surface area contributed by atoms with Gasteiger partial charge in [-0.3, -0.25) is 9.59 Å². The molecule has 2 amide bonds. The maximum Gasteiger partial charge on any atom is 0.254 e. The lowest BCUT2D eigenvalue weighted by molar-refractivity contribution is -0.120. The quantitative estimate of drug-likeness (QED) is 0.674. The van der Waals surface area contributed by atoms with Crippen LogP contribution in [0.4, 0.5) is 10.1 Å². The number of nitrogen functional groups attached to an aromatic ring is 1. The van der Waals surface area contributed by atoms with Crippen LogP contribution in [0.15, 0.2) is 18.2 Å². The highest BCUT2D eigenvalue weighted by Gasteiger charge is 2.12. The standard InChI is InChI=1S/C12H16FN3O2/c1-2-5-15-11(17)7-16-12(18)9-4-3-8(14)6-10(9)13/h3-4,6H,2,5,7,14H2,1H3,(H,15,17)(H,16,18). The van der Waals surface area contributed by atoms with Crippen molar-refractivity contribution >= 4 is 17.5 Å². The molecule has 0 aliphatic heterocycles. The van der Waals surface area contributed by atoms with E-state index in [4.69, 9.17) is 5.73 Å². The second-order valence-electron chi connectivity index (χ2n) is 3.77. The molecule has 6 heteroatoms. The van der Waals surface area contributed by atoms with Crippen molar-refractivity contribution in [3.63, 3.8) is 0 Å². The van der Waals surface area contributed by atoms with Crippen LogP contribution in [0.2, 0.25) is 0 Å². The van der Waals surface area contributed by atoms with Crippen LogP contribution in [0.1, 0.15) is 23.7 Å². The summed E-state index contributed by atoms with van der Waals surface area (Å²) in [5.41, 5.74) is 5.48. The van der Waals surface area contributed by atoms with Gasteiger partial charge in [0.2, 0.25) is 5.91 Å². The predicted molar refractivity (Wildman–Crippen MR) is 66.4 cm³/mol. The fourth-order valence-corrected chi connectivity index (χ4v) is 1.30. The lowest BCUT2D eigenvalue weighted by Crippen LogP contribution is -2.37. The summed E-state index contributed by atoms with van der Waals surface area (Å²) in [6.45, 7) is 2.29. The Morgan fingerprint density at radius 2 is 2.06 bits per heavy atom. The van der Waals surface area contributed by atoms with Gasteiger partial charge in [-0.15, -0.1) is 0 Å². The van der Waals surface area contributed by atoms with Crippen molar-refractivity contribution in [3.8, 4) is 0 Å². The Hall–Kier alpha value is -2.11. The minimum atomic E-state index is -0.707. The Labute approximate surface area is 105 Å². The molecule has 1 aromatic rings. The van der Waals surface area contributed by atoms with Crippen molar-refractivity contribution < 1.29 is 14.0 Å². The molecule has 1 rings (SSSR count). The zero-order valence-electron chi connectivity index (χ0n) is 10.1. The SMILES string of the molecule is CCCNC(=O)CNC(=O)c1ccc(N)cc1F. The molecule has 4 N–H and O–H groups in total. The molecule has 98 valence electrons. The van der Waals surface area contributed by atoms with Crippen molar-refractivity contribution in [1.29, 1.82) is 0 Å². The number of hydrogen-bond donors (Lipinski definition) is 3. The van der Waals surface area contributed by atoms with E-state index in [2.05, 4.69) is 10.6 Å². The number of halogens is 1. The second-order valence-corrected chi connectivity index (χ2v) is 3.77. The number of anilines is 1. The molecule has 18 heavy (non-hydrogen) atoms. The molecular weight excluding hydrogens is 237 g/mol. The molecule has 0 aliphatic carbocycles. The van der Waals surface area contributed by atoms with Crippen LogP contribution in [0, 0.1) is 5.82 Å². The first-order valence-corrected chi connectivity index (χ1v) is 5.64. The molecule has 1 aromatic carbocycles. The number of carbonyl (C=O) groups is 2. The Morgan fingerprint density at radius 1 is 1.33 bits per heavy atom. The summed E-state index contributed by atoms with van der Waals surface area (Å²) in [6, 6.07) is 3.77. The van der Waals surface area contributed by atoms with Gasteiger partial charge in [-0.25, -0.2) is 4.39 Å². The van der Waals surface area contributed by atoms with Gasteiger partial charge in [0, 0.05) is 12.2 Å². The molecule has 0 atom stereocenters. The molecule has 0 heterocycles. The molecule has 5 nitrogen and oxygen atoms in total. The fourth-order valence-electron chi connectivity index (χ4n) is 1.30. The largest absolute Gasteiger partial charge is 0.399 e. The highest BCUT2D eigenvalue weighted by Crippen LogP contribution is 2.11. The Morgan fingerprint density at radius 3 is 2.67 bits per heavy atom. The lowest BCUT2D eigenvalue weighted by Gasteiger charge is -2.07. The number of benzene rings is 1. The summed E-state index contributed by atoms with van der Waals surface area (Å²) < 4.78 is 13.4. The highest BCUT2D eigenvalue weighted by molar-refractivity contribution is 5.96. The first-order chi connectivity index (χ1) is 8.54. The number of hydrogen-bond acceptors (Lipinski definition) is 3. The molecule has 0 radical (unpaired) electrons. The molecule has 0 aliphatic rings. The van der Waals surface area contributed by atoms with Gasteiger partial charge >= 0.3 is 0 Å². The van der Waals surface area contributed by atoms with E-state index in [1.165, 1.54) is 12.1 Å². The van der Waals surface area contributed by atoms with Crippen molar-refractivity contribution in [1.82, 2.24) is 10.6 Å². The van der Waals surface area contributed by atoms with Crippen LogP contribution in [0.3, 0.4) is 0 Å². The maximum atomic E-state index is 13.4. The molecule has 0 fully saturated rings. The van der Waals surface area contributed by atoms with Crippen molar-refractivity contribution in [2.75, 3.05) is 18.8 Å². The minimum Gasteiger partial charge on any atom is -0.399 e. The summed E-state index contributed by atoms with van der Waals surface area (Å²) in [5, 5.41) is 4.93. The van der Waals surface area contributed by atoms with Crippen LogP contribution in [-0.2, 0) is 4.79 Å². The third kappa shape index (κ3) is 4.04. The van der Waals surface area contributed by atoms with Gasteiger partial charge < -0.3 is 16.4 Å². The number of rotatable bonds is 5. The molecular formula is C12H16FN3O2. The average molecular weight is 253 g/mol. The van der Waals surface area contributed by atoms with Crippen LogP contribution in [0.5, 0.6) is 0 Å². The number of carbonyl (C=O) groups excluding carboxylic acids is 2. The summed E-state index contributed by atoms with van der Waals surface area (Å²) in [4.78, 5) is 22.8. The first-order valence-electron chi connectivity index (χ1n) is 5.64. The molecule has 0 unspecified atom stereocenters. The van der Waals surface area contributed by atoms with Gasteiger partial charge in [-0.2, -0.15) is 0 Å². The third-order valence-electron chi connectivity index (χ3n) is 2.22. The topological polar surface area (TPSA) is 84.2 Å². The zero-order chi connectivity index (χ0) is 13.5. The van der Waals surface area contributed by atoms with Crippen LogP contribution in [0.25, 0.3) is 0 Å². The van der Waals surface area contributed by atoms with Gasteiger partial charge in [-0.1, -0.05) is 6.92 Å². The van der Waals surface area contributed by atoms with E-state index in [1.54, 1.807) is 0 Å². The third-order valence-corrected chi connectivity index (χ3v) is 2.22. The number of nitrogens with two attached hydrogens (primary N) is 1. The lowest BCUT2D eigenvalue weighted by atomic mass is 10.2. The van der Waals surface area contributed by atoms with Crippen molar-refractivity contribution in [3.05, 3.63) is 29.6 Å². The van der Waals surface area contributed by atoms with E-state index in [9.17, 15) is 14.0 Å². The normalized spacial score (nSPS) is 9.89. The number of amides is 2. The predicted octanol–water partition coefficient (Wildman–Crippen LogP) is 0.664. The Kier molecular flexibility index (Phi) is 5.10. The summed E-state index contributed by atoms with van der Waals surface area (Å²) in [5.74, 6) is -1.65. The highest BCUT2D eigenvalue weighted by atomic mass is 19.1. The van der Waals surface area contributed by atoms with E-state index in [-0.39, 0.29) is 23.7 Å². The molecule has 0 saturated carbocycles. The maximum absolute atomic E-state index is 13.4. The average Bonchev–Trinajstić information content (AvgIpc) is 2.33. The van der Waals surface area contributed by atoms with E-state index < -0.39 is 11.7 Å². The first kappa shape index (κ1) is 14.0. The van der Waals surface area contributed by atoms with Crippen molar-refractivity contribution in [2.45, 2.75) is 13.3 Å². The van der Waals surface area contributed by atoms with E-state index in [1.807, 2.05) is 6.92 Å². The monoisotopic (exact) mass is 253 g/mol. The molecule has 0 bridgehead atoms. The second kappa shape index (κ2) is 6.58. The van der Waals surface area contributed by atoms with Gasteiger partial charge in [0.1, 0.15) is 5.82 Å². The molecule has 0 spiro atoms. The summed E-state index contributed by atoms with van der Waals surface area (Å²) >= 11 is 0. The number of nitrogens with one attached hydrogen (secondary N) is 2. The zero-order valence-corrected chi connectivity index (χ0v) is 10.1. The summed E-state index contributed by atoms with van der Waals surface area (Å²) in [6.07, 6.45) is 0.812. The van der Waals surface area contributed by atoms with Crippen LogP contribution >= 0.6 is 0 Å². The minimum absolute atomic E-state index is 0.132. The van der Waals surface area contributed by atoms with Gasteiger partial charge in [0.05, 0.1) is 12.1 Å². The van der Waals surface area contributed by atoms with Crippen LogP contribution < -0.4 is 16.4 Å². The van der Waals surface area contributed by atoms with Gasteiger partial charge in [-0.05, 0) is 24.6 Å². The van der Waals surface area contributed by atoms with Crippen molar-refractivity contribution in [2.24, 2.45) is 0 Å². The van der Waals surface area contributed by atoms with E-state index >= 15 is 0 Å². The van der Waals surface area contributed by atoms with E-state index in [0.717, 1.165) is 12.5 Å². The van der Waals surface area contributed by atoms with Gasteiger partial charge in [0.25, 0.3) is 5.91 Å². The van der Waals surface area contributed by atoms with E-state index in [0.29, 0.717) is 6.54 Å². The van der Waals surface area contributed by atoms with Gasteiger partial charge in [0.15, 0.2) is 0 Å². The Bertz CT molecular complexity index is 449.